The van der Waals surface area contributed by atoms with Gasteiger partial charge in [0.25, 0.3) is 5.91 Å². The fraction of sp³-hybridized carbons (Fsp3) is 0.477. The summed E-state index contributed by atoms with van der Waals surface area (Å²) in [6, 6.07) is 14.5. The summed E-state index contributed by atoms with van der Waals surface area (Å²) in [5.41, 5.74) is 7.02. The van der Waals surface area contributed by atoms with Gasteiger partial charge in [-0.3, -0.25) is 19.1 Å². The smallest absolute Gasteiger partial charge is 0.302 e. The van der Waals surface area contributed by atoms with Crippen molar-refractivity contribution in [2.45, 2.75) is 84.2 Å². The Balaban J connectivity index is 1.07. The van der Waals surface area contributed by atoms with Crippen LogP contribution in [0.2, 0.25) is 25.7 Å². The quantitative estimate of drug-likeness (QED) is 0.0781. The molecule has 9 rings (SSSR count). The molecule has 0 saturated carbocycles. The number of amides is 1. The van der Waals surface area contributed by atoms with Gasteiger partial charge in [0.1, 0.15) is 24.8 Å². The Hall–Kier alpha value is -5.16. The minimum absolute atomic E-state index is 0.186. The molecule has 5 aromatic rings. The topological polar surface area (TPSA) is 132 Å². The monoisotopic (exact) mass is 835 g/mol. The molecule has 14 nitrogen and oxygen atoms in total. The van der Waals surface area contributed by atoms with E-state index in [1.165, 1.54) is 30.3 Å². The van der Waals surface area contributed by atoms with Crippen LogP contribution in [0.5, 0.6) is 0 Å². The van der Waals surface area contributed by atoms with Crippen molar-refractivity contribution in [3.8, 4) is 11.4 Å². The molecule has 60 heavy (non-hydrogen) atoms. The second-order valence-corrected chi connectivity index (χ2v) is 23.2. The largest absolute Gasteiger partial charge is 0.461 e. The summed E-state index contributed by atoms with van der Waals surface area (Å²) in [6.07, 6.45) is 5.76. The summed E-state index contributed by atoms with van der Waals surface area (Å²) >= 11 is 0. The van der Waals surface area contributed by atoms with Gasteiger partial charge < -0.3 is 33.9 Å². The number of anilines is 4. The fourth-order valence-corrected chi connectivity index (χ4v) is 9.47. The van der Waals surface area contributed by atoms with E-state index in [0.717, 1.165) is 82.5 Å². The zero-order valence-corrected chi connectivity index (χ0v) is 36.0. The molecule has 1 N–H and O–H groups in total. The number of carbonyl (C=O) groups excluding carboxylic acids is 2. The number of benzene rings is 2. The Morgan fingerprint density at radius 1 is 0.983 bits per heavy atom. The number of hydrogen-bond donors (Lipinski definition) is 1. The van der Waals surface area contributed by atoms with Crippen molar-refractivity contribution in [2.75, 3.05) is 67.7 Å². The summed E-state index contributed by atoms with van der Waals surface area (Å²) < 4.78 is 37.2. The zero-order chi connectivity index (χ0) is 41.5. The molecule has 2 saturated heterocycles. The summed E-state index contributed by atoms with van der Waals surface area (Å²) in [5, 5.41) is 3.48. The van der Waals surface area contributed by atoms with E-state index >= 15 is 4.39 Å². The van der Waals surface area contributed by atoms with E-state index < -0.39 is 19.9 Å². The van der Waals surface area contributed by atoms with E-state index in [4.69, 9.17) is 29.2 Å². The Labute approximate surface area is 350 Å². The van der Waals surface area contributed by atoms with Gasteiger partial charge in [-0.15, -0.1) is 0 Å². The molecule has 3 aromatic heterocycles. The van der Waals surface area contributed by atoms with Crippen molar-refractivity contribution >= 4 is 54.0 Å². The highest BCUT2D eigenvalue weighted by Gasteiger charge is 2.33. The number of aromatic nitrogens is 5. The van der Waals surface area contributed by atoms with Crippen molar-refractivity contribution in [3.63, 3.8) is 0 Å². The molecule has 2 fully saturated rings. The number of esters is 1. The van der Waals surface area contributed by atoms with E-state index in [-0.39, 0.29) is 25.1 Å². The van der Waals surface area contributed by atoms with Gasteiger partial charge in [0.2, 0.25) is 0 Å². The predicted molar refractivity (Wildman–Crippen MR) is 231 cm³/mol. The van der Waals surface area contributed by atoms with E-state index in [1.54, 1.807) is 11.2 Å². The van der Waals surface area contributed by atoms with Crippen LogP contribution in [0, 0.1) is 5.82 Å². The van der Waals surface area contributed by atoms with Crippen LogP contribution in [0.4, 0.5) is 27.3 Å². The summed E-state index contributed by atoms with van der Waals surface area (Å²) in [5.74, 6) is -0.693. The Morgan fingerprint density at radius 2 is 1.77 bits per heavy atom. The fourth-order valence-electron chi connectivity index (χ4n) is 8.71. The molecule has 4 aliphatic rings. The molecular formula is C44H54FN9O5Si. The molecule has 0 radical (unpaired) electrons. The molecule has 2 aromatic carbocycles. The van der Waals surface area contributed by atoms with Crippen molar-refractivity contribution in [3.05, 3.63) is 77.1 Å². The minimum atomic E-state index is -1.33. The van der Waals surface area contributed by atoms with Gasteiger partial charge in [-0.05, 0) is 79.8 Å². The first-order valence-corrected chi connectivity index (χ1v) is 24.9. The molecule has 0 unspecified atom stereocenters. The maximum absolute atomic E-state index is 16.0. The number of nitrogens with zero attached hydrogens (tertiary/aromatic N) is 8. The maximum atomic E-state index is 16.0. The number of nitrogens with one attached hydrogen (secondary N) is 1. The first-order chi connectivity index (χ1) is 29.0. The lowest BCUT2D eigenvalue weighted by atomic mass is 9.98. The highest BCUT2D eigenvalue weighted by Crippen LogP contribution is 2.38. The lowest BCUT2D eigenvalue weighted by Crippen LogP contribution is -2.56. The van der Waals surface area contributed by atoms with Crippen LogP contribution in [0.3, 0.4) is 0 Å². The third-order valence-electron chi connectivity index (χ3n) is 12.2. The van der Waals surface area contributed by atoms with Gasteiger partial charge in [-0.1, -0.05) is 19.6 Å². The highest BCUT2D eigenvalue weighted by molar-refractivity contribution is 6.76. The number of hydrogen-bond acceptors (Lipinski definition) is 11. The Kier molecular flexibility index (Phi) is 11.2. The van der Waals surface area contributed by atoms with E-state index in [2.05, 4.69) is 51.5 Å². The average Bonchev–Trinajstić information content (AvgIpc) is 3.80. The third-order valence-corrected chi connectivity index (χ3v) is 13.9. The molecule has 1 aliphatic carbocycles. The molecule has 3 aliphatic heterocycles. The van der Waals surface area contributed by atoms with Crippen LogP contribution in [0.15, 0.2) is 48.8 Å². The van der Waals surface area contributed by atoms with Gasteiger partial charge in [-0.25, -0.2) is 19.3 Å². The van der Waals surface area contributed by atoms with E-state index in [0.29, 0.717) is 65.2 Å². The predicted octanol–water partition coefficient (Wildman–Crippen LogP) is 6.61. The second kappa shape index (κ2) is 16.7. The number of fused-ring (bicyclic) bond motifs is 4. The van der Waals surface area contributed by atoms with Gasteiger partial charge in [0.15, 0.2) is 22.8 Å². The van der Waals surface area contributed by atoms with Crippen LogP contribution < -0.4 is 15.1 Å². The van der Waals surface area contributed by atoms with Gasteiger partial charge in [0.05, 0.1) is 31.3 Å². The summed E-state index contributed by atoms with van der Waals surface area (Å²) in [6.45, 7) is 15.3. The van der Waals surface area contributed by atoms with Crippen LogP contribution in [0.25, 0.3) is 22.6 Å². The molecule has 1 amide bonds. The van der Waals surface area contributed by atoms with Crippen molar-refractivity contribution < 1.29 is 28.2 Å². The SMILES string of the molecule is CC(=O)OCc1c(-c2nc(Nc3ccc(N4CCN(C5COC5)CC4)cc3)c3ncn(COCC[Si](C)(C)C)c3n2)cc(F)cc1N1CCn2c(cc3c2CCCC3)C1=O. The number of halogens is 1. The van der Waals surface area contributed by atoms with Crippen LogP contribution in [-0.2, 0) is 51.7 Å². The molecule has 0 bridgehead atoms. The van der Waals surface area contributed by atoms with Crippen molar-refractivity contribution in [1.29, 1.82) is 0 Å². The number of rotatable bonds is 13. The number of imidazole rings is 1. The molecule has 16 heteroatoms. The zero-order valence-electron chi connectivity index (χ0n) is 35.0. The van der Waals surface area contributed by atoms with Gasteiger partial charge >= 0.3 is 5.97 Å². The number of carbonyl (C=O) groups is 2. The molecular weight excluding hydrogens is 782 g/mol. The van der Waals surface area contributed by atoms with Crippen molar-refractivity contribution in [1.82, 2.24) is 29.0 Å². The lowest BCUT2D eigenvalue weighted by Gasteiger charge is -2.43. The number of piperazine rings is 1. The van der Waals surface area contributed by atoms with E-state index in [9.17, 15) is 9.59 Å². The summed E-state index contributed by atoms with van der Waals surface area (Å²) in [4.78, 5) is 47.9. The maximum Gasteiger partial charge on any atom is 0.302 e. The van der Waals surface area contributed by atoms with Crippen LogP contribution in [-0.4, -0.2) is 108 Å². The Bertz CT molecular complexity index is 2400. The molecule has 316 valence electrons. The average molecular weight is 836 g/mol. The minimum Gasteiger partial charge on any atom is -0.461 e. The number of aryl methyl sites for hydroxylation is 1. The van der Waals surface area contributed by atoms with Gasteiger partial charge in [0, 0.05) is 89.1 Å². The number of ether oxygens (including phenoxy) is 3. The molecule has 6 heterocycles. The van der Waals surface area contributed by atoms with Gasteiger partial charge in [-0.2, -0.15) is 0 Å². The first kappa shape index (κ1) is 40.3. The first-order valence-electron chi connectivity index (χ1n) is 21.2. The standard InChI is InChI=1S/C44H54FN9O5Si/c1-29(55)59-26-36-35(22-31(45)23-38(36)54-18-17-53-37-8-6-5-7-30(37)21-39(53)44(54)56)41-48-42(40-43(49-41)52(27-46-40)28-57-19-20-60(2,3)4)47-32-9-11-33(12-10-32)50-13-15-51(16-14-50)34-24-58-25-34/h9-12,21-23,27,34H,5-8,13-20,24-26,28H2,1-4H3,(H,47,48,49). The van der Waals surface area contributed by atoms with E-state index in [1.807, 2.05) is 22.8 Å². The third kappa shape index (κ3) is 8.29. The normalized spacial score (nSPS) is 17.4. The Morgan fingerprint density at radius 3 is 2.50 bits per heavy atom. The van der Waals surface area contributed by atoms with Crippen molar-refractivity contribution in [2.24, 2.45) is 0 Å². The highest BCUT2D eigenvalue weighted by atomic mass is 28.3. The summed E-state index contributed by atoms with van der Waals surface area (Å²) in [7, 11) is -1.33. The lowest BCUT2D eigenvalue weighted by molar-refractivity contribution is -0.142. The van der Waals surface area contributed by atoms with Crippen LogP contribution in [0.1, 0.15) is 47.1 Å². The molecule has 0 atom stereocenters. The molecule has 0 spiro atoms. The second-order valence-electron chi connectivity index (χ2n) is 17.6. The van der Waals surface area contributed by atoms with Crippen LogP contribution >= 0.6 is 0 Å².